The molecule has 2 heterocycles. The molecule has 0 N–H and O–H groups in total. The molecule has 0 radical (unpaired) electrons. The van der Waals surface area contributed by atoms with Crippen LogP contribution in [0.2, 0.25) is 10.0 Å². The molecule has 0 aliphatic carbocycles. The van der Waals surface area contributed by atoms with E-state index in [0.29, 0.717) is 30.9 Å². The molecule has 0 spiro atoms. The topological polar surface area (TPSA) is 56.5 Å². The molecule has 8 heteroatoms. The first-order valence-electron chi connectivity index (χ1n) is 7.56. The number of nitrogens with zero attached hydrogens (tertiary/aromatic N) is 3. The van der Waals surface area contributed by atoms with E-state index in [2.05, 4.69) is 10.1 Å². The van der Waals surface area contributed by atoms with Gasteiger partial charge in [-0.05, 0) is 42.0 Å². The van der Waals surface area contributed by atoms with Crippen molar-refractivity contribution in [2.24, 2.45) is 0 Å². The van der Waals surface area contributed by atoms with E-state index in [9.17, 15) is 4.79 Å². The zero-order valence-corrected chi connectivity index (χ0v) is 15.8. The highest BCUT2D eigenvalue weighted by atomic mass is 35.5. The summed E-state index contributed by atoms with van der Waals surface area (Å²) >= 11 is 13.4. The minimum absolute atomic E-state index is 0.225. The summed E-state index contributed by atoms with van der Waals surface area (Å²) in [5.41, 5.74) is 1.27. The van der Waals surface area contributed by atoms with Crippen molar-refractivity contribution in [3.63, 3.8) is 0 Å². The van der Waals surface area contributed by atoms with Gasteiger partial charge in [0.1, 0.15) is 5.75 Å². The number of benzene rings is 2. The highest BCUT2D eigenvalue weighted by molar-refractivity contribution is 7.15. The van der Waals surface area contributed by atoms with Crippen LogP contribution in [0.15, 0.2) is 47.3 Å². The summed E-state index contributed by atoms with van der Waals surface area (Å²) in [6.07, 6.45) is 1.79. The van der Waals surface area contributed by atoms with E-state index in [4.69, 9.17) is 27.9 Å². The Bertz CT molecular complexity index is 1230. The second-order valence-corrected chi connectivity index (χ2v) is 7.30. The lowest BCUT2D eigenvalue weighted by Gasteiger charge is -1.99. The van der Waals surface area contributed by atoms with Crippen molar-refractivity contribution in [3.8, 4) is 17.1 Å². The minimum atomic E-state index is -0.225. The Morgan fingerprint density at radius 3 is 2.77 bits per heavy atom. The van der Waals surface area contributed by atoms with E-state index in [1.807, 2.05) is 24.3 Å². The lowest BCUT2D eigenvalue weighted by Crippen LogP contribution is -2.23. The van der Waals surface area contributed by atoms with Crippen molar-refractivity contribution in [1.29, 1.82) is 0 Å². The molecule has 4 aromatic rings. The largest absolute Gasteiger partial charge is 0.497 e. The molecule has 2 aromatic carbocycles. The first-order chi connectivity index (χ1) is 12.5. The Labute approximate surface area is 162 Å². The maximum atomic E-state index is 12.6. The molecular formula is C18H11Cl2N3O2S. The van der Waals surface area contributed by atoms with E-state index in [1.54, 1.807) is 31.4 Å². The van der Waals surface area contributed by atoms with Crippen molar-refractivity contribution in [1.82, 2.24) is 14.6 Å². The fourth-order valence-electron chi connectivity index (χ4n) is 2.50. The second-order valence-electron chi connectivity index (χ2n) is 5.45. The lowest BCUT2D eigenvalue weighted by molar-refractivity contribution is 0.414. The Morgan fingerprint density at radius 2 is 2.04 bits per heavy atom. The van der Waals surface area contributed by atoms with Crippen LogP contribution in [0.3, 0.4) is 0 Å². The lowest BCUT2D eigenvalue weighted by atomic mass is 10.2. The van der Waals surface area contributed by atoms with Gasteiger partial charge in [0.25, 0.3) is 5.56 Å². The summed E-state index contributed by atoms with van der Waals surface area (Å²) < 4.78 is 7.04. The van der Waals surface area contributed by atoms with Crippen molar-refractivity contribution < 1.29 is 4.74 Å². The number of methoxy groups -OCH3 is 1. The normalized spacial score (nSPS) is 12.0. The van der Waals surface area contributed by atoms with Crippen LogP contribution in [0.1, 0.15) is 5.56 Å². The molecule has 4 rings (SSSR count). The molecule has 26 heavy (non-hydrogen) atoms. The molecule has 0 aliphatic rings. The fraction of sp³-hybridized carbons (Fsp3) is 0.0556. The zero-order chi connectivity index (χ0) is 18.3. The summed E-state index contributed by atoms with van der Waals surface area (Å²) in [7, 11) is 1.60. The van der Waals surface area contributed by atoms with Crippen molar-refractivity contribution in [2.45, 2.75) is 0 Å². The van der Waals surface area contributed by atoms with Crippen LogP contribution in [0.4, 0.5) is 0 Å². The van der Waals surface area contributed by atoms with Gasteiger partial charge in [-0.1, -0.05) is 46.7 Å². The average Bonchev–Trinajstić information content (AvgIpc) is 3.15. The van der Waals surface area contributed by atoms with Crippen LogP contribution in [0.5, 0.6) is 5.75 Å². The summed E-state index contributed by atoms with van der Waals surface area (Å²) in [5.74, 6) is 1.12. The molecule has 5 nitrogen and oxygen atoms in total. The van der Waals surface area contributed by atoms with Crippen LogP contribution >= 0.6 is 34.5 Å². The van der Waals surface area contributed by atoms with E-state index in [0.717, 1.165) is 11.3 Å². The number of hydrogen-bond acceptors (Lipinski definition) is 5. The predicted octanol–water partition coefficient (Wildman–Crippen LogP) is 3.68. The van der Waals surface area contributed by atoms with Gasteiger partial charge in [-0.2, -0.15) is 9.50 Å². The Kier molecular flexibility index (Phi) is 4.40. The second kappa shape index (κ2) is 6.72. The van der Waals surface area contributed by atoms with E-state index in [1.165, 1.54) is 15.9 Å². The van der Waals surface area contributed by atoms with E-state index in [-0.39, 0.29) is 5.56 Å². The minimum Gasteiger partial charge on any atom is -0.497 e. The fourth-order valence-corrected chi connectivity index (χ4v) is 3.90. The summed E-state index contributed by atoms with van der Waals surface area (Å²) in [5, 5.41) is 5.26. The van der Waals surface area contributed by atoms with Gasteiger partial charge in [-0.15, -0.1) is 5.10 Å². The van der Waals surface area contributed by atoms with Gasteiger partial charge in [0.2, 0.25) is 4.96 Å². The molecule has 0 atom stereocenters. The Morgan fingerprint density at radius 1 is 1.19 bits per heavy atom. The molecule has 0 bridgehead atoms. The quantitative estimate of drug-likeness (QED) is 0.523. The van der Waals surface area contributed by atoms with Crippen molar-refractivity contribution >= 4 is 45.6 Å². The Hall–Kier alpha value is -2.41. The number of thiazole rings is 1. The molecular weight excluding hydrogens is 393 g/mol. The molecule has 0 saturated carbocycles. The summed E-state index contributed by atoms with van der Waals surface area (Å²) in [4.78, 5) is 17.6. The first kappa shape index (κ1) is 17.0. The number of rotatable bonds is 3. The van der Waals surface area contributed by atoms with Gasteiger partial charge in [0.15, 0.2) is 5.82 Å². The van der Waals surface area contributed by atoms with Crippen LogP contribution in [0.25, 0.3) is 22.4 Å². The molecule has 130 valence electrons. The summed E-state index contributed by atoms with van der Waals surface area (Å²) in [6, 6.07) is 12.5. The SMILES string of the molecule is COc1cccc(C=c2sc3nc(-c4ccc(Cl)cc4Cl)nn3c2=O)c1. The molecule has 0 aliphatic heterocycles. The molecule has 0 unspecified atom stereocenters. The maximum Gasteiger partial charge on any atom is 0.291 e. The summed E-state index contributed by atoms with van der Waals surface area (Å²) in [6.45, 7) is 0. The third kappa shape index (κ3) is 3.07. The number of ether oxygens (including phenoxy) is 1. The molecule has 0 amide bonds. The highest BCUT2D eigenvalue weighted by Gasteiger charge is 2.14. The van der Waals surface area contributed by atoms with E-state index < -0.39 is 0 Å². The molecule has 0 fully saturated rings. The third-order valence-corrected chi connectivity index (χ3v) is 5.25. The predicted molar refractivity (Wildman–Crippen MR) is 104 cm³/mol. The van der Waals surface area contributed by atoms with Crippen LogP contribution < -0.4 is 14.8 Å². The number of hydrogen-bond donors (Lipinski definition) is 0. The van der Waals surface area contributed by atoms with Crippen LogP contribution in [-0.2, 0) is 0 Å². The maximum absolute atomic E-state index is 12.6. The van der Waals surface area contributed by atoms with E-state index >= 15 is 0 Å². The van der Waals surface area contributed by atoms with Gasteiger partial charge >= 0.3 is 0 Å². The average molecular weight is 404 g/mol. The Balaban J connectivity index is 1.81. The first-order valence-corrected chi connectivity index (χ1v) is 9.13. The monoisotopic (exact) mass is 403 g/mol. The number of halogens is 2. The van der Waals surface area contributed by atoms with Gasteiger partial charge in [-0.25, -0.2) is 0 Å². The standard InChI is InChI=1S/C18H11Cl2N3O2S/c1-25-12-4-2-3-10(7-12)8-15-17(24)23-18(26-15)21-16(22-23)13-6-5-11(19)9-14(13)20/h2-9H,1H3. The van der Waals surface area contributed by atoms with Gasteiger partial charge in [0.05, 0.1) is 16.7 Å². The van der Waals surface area contributed by atoms with Crippen molar-refractivity contribution in [2.75, 3.05) is 7.11 Å². The van der Waals surface area contributed by atoms with Crippen LogP contribution in [0, 0.1) is 0 Å². The number of fused-ring (bicyclic) bond motifs is 1. The number of aromatic nitrogens is 3. The van der Waals surface area contributed by atoms with Crippen LogP contribution in [-0.4, -0.2) is 21.7 Å². The van der Waals surface area contributed by atoms with Gasteiger partial charge in [-0.3, -0.25) is 4.79 Å². The molecule has 0 saturated heterocycles. The highest BCUT2D eigenvalue weighted by Crippen LogP contribution is 2.28. The van der Waals surface area contributed by atoms with Crippen molar-refractivity contribution in [3.05, 3.63) is 73.0 Å². The zero-order valence-electron chi connectivity index (χ0n) is 13.4. The smallest absolute Gasteiger partial charge is 0.291 e. The molecule has 2 aromatic heterocycles. The van der Waals surface area contributed by atoms with Gasteiger partial charge in [0, 0.05) is 10.6 Å². The third-order valence-electron chi connectivity index (χ3n) is 3.75. The van der Waals surface area contributed by atoms with Gasteiger partial charge < -0.3 is 4.74 Å².